The minimum absolute atomic E-state index is 0.0901. The summed E-state index contributed by atoms with van der Waals surface area (Å²) >= 11 is 0. The van der Waals surface area contributed by atoms with Crippen molar-refractivity contribution in [1.82, 2.24) is 0 Å². The number of aryl methyl sites for hydroxylation is 2. The van der Waals surface area contributed by atoms with E-state index in [1.54, 1.807) is 0 Å². The molecule has 0 atom stereocenters. The topological polar surface area (TPSA) is 59.6 Å². The lowest BCUT2D eigenvalue weighted by molar-refractivity contribution is -0.114. The predicted octanol–water partition coefficient (Wildman–Crippen LogP) is 3.77. The summed E-state index contributed by atoms with van der Waals surface area (Å²) in [6, 6.07) is 13.5. The molecule has 0 aliphatic rings. The highest BCUT2D eigenvalue weighted by atomic mass is 16.5. The van der Waals surface area contributed by atoms with Crippen LogP contribution in [0.2, 0.25) is 0 Å². The Labute approximate surface area is 149 Å². The number of ether oxygens (including phenoxy) is 2. The number of nitrogens with one attached hydrogen (secondary N) is 2. The molecule has 25 heavy (non-hydrogen) atoms. The lowest BCUT2D eigenvalue weighted by Gasteiger charge is -2.11. The molecule has 0 fully saturated rings. The Kier molecular flexibility index (Phi) is 7.29. The number of carbonyl (C=O) groups excluding carboxylic acids is 1. The Bertz CT molecular complexity index is 681. The first-order valence-electron chi connectivity index (χ1n) is 8.49. The fraction of sp³-hybridized carbons (Fsp3) is 0.350. The second-order valence-corrected chi connectivity index (χ2v) is 5.85. The Hall–Kier alpha value is -2.53. The molecular formula is C20H26N2O3. The molecule has 5 heteroatoms. The molecule has 0 saturated heterocycles. The minimum atomic E-state index is -0.0901. The predicted molar refractivity (Wildman–Crippen MR) is 101 cm³/mol. The SMILES string of the molecule is CCOCCOc1cccc(NCC(=O)Nc2cc(C)cc(C)c2)c1. The standard InChI is InChI=1S/C20H26N2O3/c1-4-24-8-9-25-19-7-5-6-17(13-19)21-14-20(23)22-18-11-15(2)10-16(3)12-18/h5-7,10-13,21H,4,8-9,14H2,1-3H3,(H,22,23). The number of anilines is 2. The van der Waals surface area contributed by atoms with Crippen molar-refractivity contribution in [2.45, 2.75) is 20.8 Å². The molecule has 5 nitrogen and oxygen atoms in total. The zero-order valence-electron chi connectivity index (χ0n) is 15.1. The molecule has 2 aromatic rings. The van der Waals surface area contributed by atoms with Gasteiger partial charge in [-0.1, -0.05) is 12.1 Å². The fourth-order valence-corrected chi connectivity index (χ4v) is 2.49. The molecule has 0 unspecified atom stereocenters. The van der Waals surface area contributed by atoms with Gasteiger partial charge in [-0.2, -0.15) is 0 Å². The molecule has 134 valence electrons. The number of benzene rings is 2. The van der Waals surface area contributed by atoms with Crippen molar-refractivity contribution in [3.63, 3.8) is 0 Å². The molecule has 2 aromatic carbocycles. The molecule has 0 heterocycles. The van der Waals surface area contributed by atoms with E-state index in [0.29, 0.717) is 19.8 Å². The third-order valence-electron chi connectivity index (χ3n) is 3.49. The largest absolute Gasteiger partial charge is 0.491 e. The van der Waals surface area contributed by atoms with Gasteiger partial charge in [0.2, 0.25) is 5.91 Å². The van der Waals surface area contributed by atoms with Gasteiger partial charge in [-0.25, -0.2) is 0 Å². The van der Waals surface area contributed by atoms with Crippen LogP contribution in [-0.2, 0) is 9.53 Å². The molecule has 0 aromatic heterocycles. The number of amides is 1. The highest BCUT2D eigenvalue weighted by Crippen LogP contribution is 2.17. The summed E-state index contributed by atoms with van der Waals surface area (Å²) in [5, 5.41) is 6.02. The van der Waals surface area contributed by atoms with Crippen molar-refractivity contribution in [3.05, 3.63) is 53.6 Å². The number of hydrogen-bond acceptors (Lipinski definition) is 4. The van der Waals surface area contributed by atoms with Crippen LogP contribution in [0.3, 0.4) is 0 Å². The number of hydrogen-bond donors (Lipinski definition) is 2. The maximum Gasteiger partial charge on any atom is 0.243 e. The van der Waals surface area contributed by atoms with Crippen molar-refractivity contribution in [2.24, 2.45) is 0 Å². The summed E-state index contributed by atoms with van der Waals surface area (Å²) in [5.41, 5.74) is 3.90. The van der Waals surface area contributed by atoms with Gasteiger partial charge in [-0.05, 0) is 56.2 Å². The second-order valence-electron chi connectivity index (χ2n) is 5.85. The van der Waals surface area contributed by atoms with Gasteiger partial charge >= 0.3 is 0 Å². The van der Waals surface area contributed by atoms with Gasteiger partial charge in [0.25, 0.3) is 0 Å². The first-order valence-corrected chi connectivity index (χ1v) is 8.49. The van der Waals surface area contributed by atoms with Gasteiger partial charge in [-0.3, -0.25) is 4.79 Å². The summed E-state index contributed by atoms with van der Waals surface area (Å²) < 4.78 is 10.9. The molecule has 2 N–H and O–H groups in total. The Morgan fingerprint density at radius 1 is 1.00 bits per heavy atom. The molecular weight excluding hydrogens is 316 g/mol. The van der Waals surface area contributed by atoms with Gasteiger partial charge in [-0.15, -0.1) is 0 Å². The molecule has 0 radical (unpaired) electrons. The van der Waals surface area contributed by atoms with Gasteiger partial charge < -0.3 is 20.1 Å². The van der Waals surface area contributed by atoms with E-state index >= 15 is 0 Å². The van der Waals surface area contributed by atoms with E-state index in [4.69, 9.17) is 9.47 Å². The van der Waals surface area contributed by atoms with Crippen LogP contribution in [0.5, 0.6) is 5.75 Å². The zero-order valence-corrected chi connectivity index (χ0v) is 15.1. The van der Waals surface area contributed by atoms with Crippen LogP contribution >= 0.6 is 0 Å². The van der Waals surface area contributed by atoms with Crippen LogP contribution in [0.15, 0.2) is 42.5 Å². The Morgan fingerprint density at radius 2 is 1.76 bits per heavy atom. The summed E-state index contributed by atoms with van der Waals surface area (Å²) in [7, 11) is 0. The van der Waals surface area contributed by atoms with Crippen LogP contribution in [0.4, 0.5) is 11.4 Å². The van der Waals surface area contributed by atoms with Crippen LogP contribution < -0.4 is 15.4 Å². The average Bonchev–Trinajstić information content (AvgIpc) is 2.56. The van der Waals surface area contributed by atoms with Crippen molar-refractivity contribution in [3.8, 4) is 5.75 Å². The normalized spacial score (nSPS) is 10.4. The third-order valence-corrected chi connectivity index (χ3v) is 3.49. The van der Waals surface area contributed by atoms with Crippen LogP contribution in [0.1, 0.15) is 18.1 Å². The molecule has 2 rings (SSSR count). The first-order chi connectivity index (χ1) is 12.1. The maximum atomic E-state index is 12.1. The van der Waals surface area contributed by atoms with Crippen LogP contribution in [-0.4, -0.2) is 32.3 Å². The lowest BCUT2D eigenvalue weighted by atomic mass is 10.1. The van der Waals surface area contributed by atoms with Gasteiger partial charge in [0.1, 0.15) is 12.4 Å². The second kappa shape index (κ2) is 9.69. The van der Waals surface area contributed by atoms with Gasteiger partial charge in [0.05, 0.1) is 13.2 Å². The molecule has 1 amide bonds. The van der Waals surface area contributed by atoms with Gasteiger partial charge in [0, 0.05) is 24.0 Å². The summed E-state index contributed by atoms with van der Waals surface area (Å²) in [6.07, 6.45) is 0. The Morgan fingerprint density at radius 3 is 2.48 bits per heavy atom. The highest BCUT2D eigenvalue weighted by molar-refractivity contribution is 5.93. The van der Waals surface area contributed by atoms with E-state index in [-0.39, 0.29) is 12.5 Å². The van der Waals surface area contributed by atoms with E-state index < -0.39 is 0 Å². The van der Waals surface area contributed by atoms with Crippen molar-refractivity contribution >= 4 is 17.3 Å². The lowest BCUT2D eigenvalue weighted by Crippen LogP contribution is -2.21. The molecule has 0 bridgehead atoms. The smallest absolute Gasteiger partial charge is 0.243 e. The van der Waals surface area contributed by atoms with Crippen LogP contribution in [0, 0.1) is 13.8 Å². The average molecular weight is 342 g/mol. The van der Waals surface area contributed by atoms with E-state index in [1.807, 2.05) is 57.2 Å². The van der Waals surface area contributed by atoms with Crippen molar-refractivity contribution < 1.29 is 14.3 Å². The fourth-order valence-electron chi connectivity index (χ4n) is 2.49. The van der Waals surface area contributed by atoms with E-state index in [9.17, 15) is 4.79 Å². The first kappa shape index (κ1) is 18.8. The van der Waals surface area contributed by atoms with Crippen LogP contribution in [0.25, 0.3) is 0 Å². The maximum absolute atomic E-state index is 12.1. The zero-order chi connectivity index (χ0) is 18.1. The number of carbonyl (C=O) groups is 1. The van der Waals surface area contributed by atoms with Gasteiger partial charge in [0.15, 0.2) is 0 Å². The van der Waals surface area contributed by atoms with E-state index in [0.717, 1.165) is 28.3 Å². The number of rotatable bonds is 9. The minimum Gasteiger partial charge on any atom is -0.491 e. The highest BCUT2D eigenvalue weighted by Gasteiger charge is 2.04. The summed E-state index contributed by atoms with van der Waals surface area (Å²) in [6.45, 7) is 7.91. The molecule has 0 spiro atoms. The van der Waals surface area contributed by atoms with E-state index in [2.05, 4.69) is 16.7 Å². The molecule has 0 aliphatic carbocycles. The monoisotopic (exact) mass is 342 g/mol. The van der Waals surface area contributed by atoms with Crippen molar-refractivity contribution in [2.75, 3.05) is 37.0 Å². The summed E-state index contributed by atoms with van der Waals surface area (Å²) in [4.78, 5) is 12.1. The Balaban J connectivity index is 1.82. The molecule has 0 aliphatic heterocycles. The van der Waals surface area contributed by atoms with Crippen molar-refractivity contribution in [1.29, 1.82) is 0 Å². The third kappa shape index (κ3) is 6.85. The molecule has 0 saturated carbocycles. The quantitative estimate of drug-likeness (QED) is 0.681. The summed E-state index contributed by atoms with van der Waals surface area (Å²) in [5.74, 6) is 0.659. The van der Waals surface area contributed by atoms with E-state index in [1.165, 1.54) is 0 Å².